The van der Waals surface area contributed by atoms with Gasteiger partial charge in [-0.1, -0.05) is 6.07 Å². The number of aliphatic hydroxyl groups is 1. The number of piperidine rings is 1. The highest BCUT2D eigenvalue weighted by Gasteiger charge is 2.17. The molecule has 5 aromatic rings. The zero-order chi connectivity index (χ0) is 28.2. The molecule has 1 fully saturated rings. The summed E-state index contributed by atoms with van der Waals surface area (Å²) in [6, 6.07) is 30.0. The van der Waals surface area contributed by atoms with Crippen LogP contribution in [0, 0.1) is 0 Å². The van der Waals surface area contributed by atoms with Gasteiger partial charge in [-0.2, -0.15) is 0 Å². The van der Waals surface area contributed by atoms with Crippen LogP contribution < -0.4 is 20.9 Å². The van der Waals surface area contributed by atoms with E-state index in [2.05, 4.69) is 25.8 Å². The number of aromatic amines is 1. The van der Waals surface area contributed by atoms with Gasteiger partial charge in [0.05, 0.1) is 6.10 Å². The minimum absolute atomic E-state index is 0.173. The molecule has 6 rings (SSSR count). The fraction of sp³-hybridized carbons (Fsp3) is 0.152. The summed E-state index contributed by atoms with van der Waals surface area (Å²) in [4.78, 5) is 30.8. The second-order valence-electron chi connectivity index (χ2n) is 10.2. The third-order valence-electron chi connectivity index (χ3n) is 7.35. The second-order valence-corrected chi connectivity index (χ2v) is 10.2. The first-order chi connectivity index (χ1) is 20.0. The van der Waals surface area contributed by atoms with E-state index >= 15 is 0 Å². The zero-order valence-corrected chi connectivity index (χ0v) is 22.4. The molecule has 1 aromatic heterocycles. The average Bonchev–Trinajstić information content (AvgIpc) is 3.47. The Morgan fingerprint density at radius 2 is 1.22 bits per heavy atom. The van der Waals surface area contributed by atoms with Crippen LogP contribution in [0.25, 0.3) is 10.9 Å². The lowest BCUT2D eigenvalue weighted by Gasteiger charge is -2.31. The van der Waals surface area contributed by atoms with Crippen LogP contribution in [0.4, 0.5) is 28.4 Å². The van der Waals surface area contributed by atoms with Crippen LogP contribution in [-0.4, -0.2) is 41.1 Å². The Hall–Kier alpha value is -5.08. The van der Waals surface area contributed by atoms with Crippen molar-refractivity contribution >= 4 is 51.2 Å². The van der Waals surface area contributed by atoms with Crippen LogP contribution in [0.5, 0.6) is 0 Å². The third-order valence-corrected chi connectivity index (χ3v) is 7.35. The molecule has 0 atom stereocenters. The van der Waals surface area contributed by atoms with Gasteiger partial charge in [-0.15, -0.1) is 0 Å². The number of nitrogens with zero attached hydrogens (tertiary/aromatic N) is 1. The van der Waals surface area contributed by atoms with Gasteiger partial charge in [-0.25, -0.2) is 0 Å². The van der Waals surface area contributed by atoms with Crippen molar-refractivity contribution in [3.8, 4) is 0 Å². The minimum Gasteiger partial charge on any atom is -0.393 e. The first-order valence-electron chi connectivity index (χ1n) is 13.7. The average molecular weight is 546 g/mol. The Balaban J connectivity index is 1.01. The highest BCUT2D eigenvalue weighted by Crippen LogP contribution is 2.23. The van der Waals surface area contributed by atoms with E-state index in [0.29, 0.717) is 16.8 Å². The number of amides is 2. The van der Waals surface area contributed by atoms with Crippen molar-refractivity contribution in [2.75, 3.05) is 33.9 Å². The molecule has 1 saturated heterocycles. The maximum Gasteiger partial charge on any atom is 0.255 e. The fourth-order valence-corrected chi connectivity index (χ4v) is 4.99. The summed E-state index contributed by atoms with van der Waals surface area (Å²) in [7, 11) is 0. The number of hydrogen-bond donors (Lipinski definition) is 5. The van der Waals surface area contributed by atoms with Gasteiger partial charge in [-0.3, -0.25) is 9.59 Å². The molecule has 0 bridgehead atoms. The molecule has 8 heteroatoms. The Morgan fingerprint density at radius 3 is 1.88 bits per heavy atom. The highest BCUT2D eigenvalue weighted by molar-refractivity contribution is 6.05. The summed E-state index contributed by atoms with van der Waals surface area (Å²) in [6.45, 7) is 1.64. The Bertz CT molecular complexity index is 1650. The molecule has 0 saturated carbocycles. The molecule has 0 radical (unpaired) electrons. The van der Waals surface area contributed by atoms with Crippen molar-refractivity contribution in [2.45, 2.75) is 18.9 Å². The lowest BCUT2D eigenvalue weighted by molar-refractivity contribution is 0.101. The Morgan fingerprint density at radius 1 is 0.683 bits per heavy atom. The summed E-state index contributed by atoms with van der Waals surface area (Å²) in [6.07, 6.45) is 3.19. The summed E-state index contributed by atoms with van der Waals surface area (Å²) >= 11 is 0. The van der Waals surface area contributed by atoms with Crippen LogP contribution >= 0.6 is 0 Å². The maximum absolute atomic E-state index is 12.8. The van der Waals surface area contributed by atoms with Crippen LogP contribution in [0.15, 0.2) is 103 Å². The number of anilines is 5. The monoisotopic (exact) mass is 545 g/mol. The van der Waals surface area contributed by atoms with Crippen molar-refractivity contribution in [1.82, 2.24) is 4.98 Å². The van der Waals surface area contributed by atoms with Crippen molar-refractivity contribution in [3.63, 3.8) is 0 Å². The SMILES string of the molecule is O=C(Nc1ccc(Nc2ccc(C(=O)Nc3ccc4cc[nH]c4c3)cc2)cc1)c1ccc(N2CCC(O)CC2)cc1. The molecular formula is C33H31N5O3. The molecule has 41 heavy (non-hydrogen) atoms. The van der Waals surface area contributed by atoms with E-state index in [1.54, 1.807) is 12.1 Å². The molecule has 0 unspecified atom stereocenters. The van der Waals surface area contributed by atoms with Gasteiger partial charge in [0.25, 0.3) is 11.8 Å². The third kappa shape index (κ3) is 6.23. The minimum atomic E-state index is -0.214. The van der Waals surface area contributed by atoms with Crippen LogP contribution in [0.1, 0.15) is 33.6 Å². The predicted octanol–water partition coefficient (Wildman–Crippen LogP) is 6.38. The van der Waals surface area contributed by atoms with Gasteiger partial charge in [-0.05, 0) is 109 Å². The molecular weight excluding hydrogens is 514 g/mol. The molecule has 0 spiro atoms. The van der Waals surface area contributed by atoms with Crippen molar-refractivity contribution in [2.24, 2.45) is 0 Å². The van der Waals surface area contributed by atoms with Gasteiger partial charge in [0.1, 0.15) is 0 Å². The number of benzene rings is 4. The van der Waals surface area contributed by atoms with Gasteiger partial charge in [0.2, 0.25) is 0 Å². The number of nitrogens with one attached hydrogen (secondary N) is 4. The molecule has 2 heterocycles. The first-order valence-corrected chi connectivity index (χ1v) is 13.7. The van der Waals surface area contributed by atoms with E-state index in [1.807, 2.05) is 91.1 Å². The molecule has 8 nitrogen and oxygen atoms in total. The molecule has 1 aliphatic heterocycles. The molecule has 5 N–H and O–H groups in total. The zero-order valence-electron chi connectivity index (χ0n) is 22.4. The number of carbonyl (C=O) groups is 2. The molecule has 0 aliphatic carbocycles. The van der Waals surface area contributed by atoms with E-state index in [0.717, 1.165) is 59.6 Å². The van der Waals surface area contributed by atoms with E-state index in [4.69, 9.17) is 0 Å². The number of hydrogen-bond acceptors (Lipinski definition) is 5. The molecule has 206 valence electrons. The standard InChI is InChI=1S/C33H31N5O3/c39-30-16-19-38(20-17-30)29-13-4-24(5-14-29)32(40)36-27-11-9-26(10-12-27)35-25-6-2-23(3-7-25)33(41)37-28-8-1-22-15-18-34-31(22)21-28/h1-15,18,21,30,34-35,39H,16-17,19-20H2,(H,36,40)(H,37,41). The lowest BCUT2D eigenvalue weighted by Crippen LogP contribution is -2.35. The predicted molar refractivity (Wildman–Crippen MR) is 164 cm³/mol. The number of fused-ring (bicyclic) bond motifs is 1. The number of aromatic nitrogens is 1. The van der Waals surface area contributed by atoms with Crippen LogP contribution in [0.2, 0.25) is 0 Å². The smallest absolute Gasteiger partial charge is 0.255 e. The van der Waals surface area contributed by atoms with Gasteiger partial charge < -0.3 is 30.9 Å². The topological polar surface area (TPSA) is 109 Å². The Labute approximate surface area is 238 Å². The molecule has 2 amide bonds. The lowest BCUT2D eigenvalue weighted by atomic mass is 10.1. The first kappa shape index (κ1) is 26.2. The normalized spacial score (nSPS) is 13.6. The van der Waals surface area contributed by atoms with Crippen molar-refractivity contribution in [3.05, 3.63) is 114 Å². The molecule has 4 aromatic carbocycles. The van der Waals surface area contributed by atoms with Gasteiger partial charge in [0.15, 0.2) is 0 Å². The number of rotatable bonds is 7. The maximum atomic E-state index is 12.8. The van der Waals surface area contributed by atoms with E-state index in [9.17, 15) is 14.7 Å². The van der Waals surface area contributed by atoms with Crippen molar-refractivity contribution < 1.29 is 14.7 Å². The van der Waals surface area contributed by atoms with Gasteiger partial charge in [0, 0.05) is 64.4 Å². The van der Waals surface area contributed by atoms with Crippen LogP contribution in [-0.2, 0) is 0 Å². The van der Waals surface area contributed by atoms with Crippen LogP contribution in [0.3, 0.4) is 0 Å². The van der Waals surface area contributed by atoms with E-state index < -0.39 is 0 Å². The highest BCUT2D eigenvalue weighted by atomic mass is 16.3. The molecule has 1 aliphatic rings. The second kappa shape index (κ2) is 11.6. The summed E-state index contributed by atoms with van der Waals surface area (Å²) in [5.74, 6) is -0.350. The largest absolute Gasteiger partial charge is 0.393 e. The summed E-state index contributed by atoms with van der Waals surface area (Å²) in [5.41, 5.74) is 6.30. The number of H-pyrrole nitrogens is 1. The van der Waals surface area contributed by atoms with E-state index in [1.165, 1.54) is 0 Å². The summed E-state index contributed by atoms with van der Waals surface area (Å²) in [5, 5.41) is 20.0. The fourth-order valence-electron chi connectivity index (χ4n) is 4.99. The Kier molecular flexibility index (Phi) is 7.38. The summed E-state index contributed by atoms with van der Waals surface area (Å²) < 4.78 is 0. The van der Waals surface area contributed by atoms with E-state index in [-0.39, 0.29) is 17.9 Å². The number of carbonyl (C=O) groups excluding carboxylic acids is 2. The van der Waals surface area contributed by atoms with Crippen molar-refractivity contribution in [1.29, 1.82) is 0 Å². The number of aliphatic hydroxyl groups excluding tert-OH is 1. The quantitative estimate of drug-likeness (QED) is 0.163. The van der Waals surface area contributed by atoms with Gasteiger partial charge >= 0.3 is 0 Å².